The Balaban J connectivity index is 1.04. The van der Waals surface area contributed by atoms with Crippen molar-refractivity contribution >= 4 is 17.7 Å². The van der Waals surface area contributed by atoms with Gasteiger partial charge in [0, 0.05) is 69.0 Å². The fourth-order valence-electron chi connectivity index (χ4n) is 5.96. The molecule has 0 saturated carbocycles. The van der Waals surface area contributed by atoms with Gasteiger partial charge >= 0.3 is 6.09 Å². The highest BCUT2D eigenvalue weighted by Crippen LogP contribution is 2.33. The zero-order chi connectivity index (χ0) is 28.2. The Hall–Kier alpha value is -4.18. The average Bonchev–Trinajstić information content (AvgIpc) is 3.02. The first-order valence-electron chi connectivity index (χ1n) is 14.2. The highest BCUT2D eigenvalue weighted by atomic mass is 16.6. The van der Waals surface area contributed by atoms with Crippen LogP contribution in [-0.2, 0) is 17.9 Å². The molecule has 41 heavy (non-hydrogen) atoms. The van der Waals surface area contributed by atoms with Crippen LogP contribution in [0.25, 0.3) is 0 Å². The van der Waals surface area contributed by atoms with E-state index in [0.717, 1.165) is 49.4 Å². The van der Waals surface area contributed by atoms with Crippen LogP contribution in [0.4, 0.5) is 10.5 Å². The zero-order valence-electron chi connectivity index (χ0n) is 23.3. The number of hydrogen-bond acceptors (Lipinski definition) is 8. The number of carbonyl (C=O) groups excluding carboxylic acids is 2. The van der Waals surface area contributed by atoms with Crippen molar-refractivity contribution in [1.29, 1.82) is 0 Å². The van der Waals surface area contributed by atoms with Gasteiger partial charge in [0.15, 0.2) is 0 Å². The number of fused-ring (bicyclic) bond motifs is 1. The summed E-state index contributed by atoms with van der Waals surface area (Å²) in [5, 5.41) is 0. The summed E-state index contributed by atoms with van der Waals surface area (Å²) in [5.41, 5.74) is 3.40. The second kappa shape index (κ2) is 12.1. The minimum atomic E-state index is -0.318. The van der Waals surface area contributed by atoms with E-state index in [1.807, 2.05) is 47.5 Å². The van der Waals surface area contributed by atoms with E-state index in [2.05, 4.69) is 14.9 Å². The van der Waals surface area contributed by atoms with E-state index in [9.17, 15) is 9.59 Å². The number of hydrogen-bond donors (Lipinski definition) is 0. The van der Waals surface area contributed by atoms with Crippen molar-refractivity contribution in [2.75, 3.05) is 38.2 Å². The van der Waals surface area contributed by atoms with Gasteiger partial charge in [-0.1, -0.05) is 18.2 Å². The first-order valence-corrected chi connectivity index (χ1v) is 14.2. The van der Waals surface area contributed by atoms with Crippen molar-refractivity contribution in [2.24, 2.45) is 0 Å². The topological polar surface area (TPSA) is 97.3 Å². The number of piperidine rings is 2. The van der Waals surface area contributed by atoms with Crippen molar-refractivity contribution in [3.63, 3.8) is 0 Å². The van der Waals surface area contributed by atoms with Gasteiger partial charge in [-0.25, -0.2) is 4.79 Å². The molecule has 0 aliphatic carbocycles. The fraction of sp³-hybridized carbons (Fsp3) is 0.419. The largest absolute Gasteiger partial charge is 0.496 e. The molecule has 0 N–H and O–H groups in total. The summed E-state index contributed by atoms with van der Waals surface area (Å²) < 4.78 is 17.3. The van der Waals surface area contributed by atoms with Crippen molar-refractivity contribution in [1.82, 2.24) is 19.8 Å². The number of carbonyl (C=O) groups is 2. The Morgan fingerprint density at radius 3 is 2.59 bits per heavy atom. The van der Waals surface area contributed by atoms with E-state index in [-0.39, 0.29) is 24.1 Å². The van der Waals surface area contributed by atoms with Crippen LogP contribution in [0, 0.1) is 0 Å². The van der Waals surface area contributed by atoms with Crippen molar-refractivity contribution < 1.29 is 23.8 Å². The number of amides is 2. The lowest BCUT2D eigenvalue weighted by molar-refractivity contribution is 0.0704. The molecule has 0 spiro atoms. The average molecular weight is 558 g/mol. The predicted molar refractivity (Wildman–Crippen MR) is 152 cm³/mol. The Morgan fingerprint density at radius 1 is 1.02 bits per heavy atom. The van der Waals surface area contributed by atoms with Crippen molar-refractivity contribution in [3.05, 3.63) is 77.9 Å². The van der Waals surface area contributed by atoms with Crippen LogP contribution in [0.2, 0.25) is 0 Å². The summed E-state index contributed by atoms with van der Waals surface area (Å²) in [4.78, 5) is 40.6. The molecule has 4 heterocycles. The van der Waals surface area contributed by atoms with Crippen LogP contribution >= 0.6 is 0 Å². The number of benzene rings is 2. The summed E-state index contributed by atoms with van der Waals surface area (Å²) in [5.74, 6) is 1.13. The van der Waals surface area contributed by atoms with Crippen LogP contribution in [-0.4, -0.2) is 77.2 Å². The van der Waals surface area contributed by atoms with Gasteiger partial charge in [0.05, 0.1) is 24.1 Å². The van der Waals surface area contributed by atoms with E-state index in [1.54, 1.807) is 30.5 Å². The third-order valence-corrected chi connectivity index (χ3v) is 8.16. The second-order valence-corrected chi connectivity index (χ2v) is 10.7. The first-order chi connectivity index (χ1) is 20.1. The van der Waals surface area contributed by atoms with E-state index < -0.39 is 0 Å². The van der Waals surface area contributed by atoms with Gasteiger partial charge in [0.2, 0.25) is 0 Å². The van der Waals surface area contributed by atoms with Gasteiger partial charge in [-0.05, 0) is 43.9 Å². The number of methoxy groups -OCH3 is 1. The molecule has 2 saturated heterocycles. The Bertz CT molecular complexity index is 1370. The van der Waals surface area contributed by atoms with Crippen LogP contribution < -0.4 is 14.4 Å². The first kappa shape index (κ1) is 27.0. The van der Waals surface area contributed by atoms with E-state index in [0.29, 0.717) is 49.6 Å². The van der Waals surface area contributed by atoms with Crippen LogP contribution in [0.15, 0.2) is 61.1 Å². The Labute approximate surface area is 239 Å². The molecule has 214 valence electrons. The lowest BCUT2D eigenvalue weighted by Crippen LogP contribution is -2.50. The molecule has 2 fully saturated rings. The maximum atomic E-state index is 13.5. The zero-order valence-corrected chi connectivity index (χ0v) is 23.3. The molecule has 0 bridgehead atoms. The van der Waals surface area contributed by atoms with Crippen molar-refractivity contribution in [3.8, 4) is 11.5 Å². The maximum Gasteiger partial charge on any atom is 0.414 e. The highest BCUT2D eigenvalue weighted by molar-refractivity contribution is 5.97. The smallest absolute Gasteiger partial charge is 0.414 e. The molecule has 2 aromatic carbocycles. The van der Waals surface area contributed by atoms with Gasteiger partial charge in [0.25, 0.3) is 5.91 Å². The SMILES string of the molecule is COc1cc(OC2CCN(Cc3cnccn3)CC2)ccc1C(=O)N1CCC(N2C(=O)OCc3ccccc32)CC1. The monoisotopic (exact) mass is 557 g/mol. The molecule has 3 aromatic rings. The number of para-hydroxylation sites is 1. The molecule has 0 radical (unpaired) electrons. The maximum absolute atomic E-state index is 13.5. The summed E-state index contributed by atoms with van der Waals surface area (Å²) in [6.07, 6.45) is 8.17. The van der Waals surface area contributed by atoms with E-state index in [1.165, 1.54) is 0 Å². The number of cyclic esters (lactones) is 1. The third-order valence-electron chi connectivity index (χ3n) is 8.16. The predicted octanol–water partition coefficient (Wildman–Crippen LogP) is 4.29. The molecule has 6 rings (SSSR count). The minimum Gasteiger partial charge on any atom is -0.496 e. The number of rotatable bonds is 7. The second-order valence-electron chi connectivity index (χ2n) is 10.7. The normalized spacial score (nSPS) is 18.5. The van der Waals surface area contributed by atoms with Crippen molar-refractivity contribution in [2.45, 2.75) is 51.0 Å². The van der Waals surface area contributed by atoms with Crippen LogP contribution in [0.3, 0.4) is 0 Å². The number of nitrogens with zero attached hydrogens (tertiary/aromatic N) is 5. The number of ether oxygens (including phenoxy) is 3. The Kier molecular flexibility index (Phi) is 8.00. The molecule has 1 aromatic heterocycles. The molecular formula is C31H35N5O5. The van der Waals surface area contributed by atoms with Crippen LogP contribution in [0.5, 0.6) is 11.5 Å². The highest BCUT2D eigenvalue weighted by Gasteiger charge is 2.35. The van der Waals surface area contributed by atoms with Gasteiger partial charge in [-0.2, -0.15) is 0 Å². The Morgan fingerprint density at radius 2 is 1.83 bits per heavy atom. The molecule has 3 aliphatic heterocycles. The van der Waals surface area contributed by atoms with Gasteiger partial charge < -0.3 is 19.1 Å². The number of likely N-dealkylation sites (tertiary alicyclic amines) is 2. The molecular weight excluding hydrogens is 522 g/mol. The minimum absolute atomic E-state index is 0.0160. The summed E-state index contributed by atoms with van der Waals surface area (Å²) in [6, 6.07) is 13.3. The lowest BCUT2D eigenvalue weighted by Gasteiger charge is -2.40. The molecule has 10 nitrogen and oxygen atoms in total. The summed E-state index contributed by atoms with van der Waals surface area (Å²) in [7, 11) is 1.58. The quantitative estimate of drug-likeness (QED) is 0.425. The third kappa shape index (κ3) is 5.97. The van der Waals surface area contributed by atoms with Crippen LogP contribution in [0.1, 0.15) is 47.3 Å². The van der Waals surface area contributed by atoms with Gasteiger partial charge in [-0.15, -0.1) is 0 Å². The van der Waals surface area contributed by atoms with Gasteiger partial charge in [-0.3, -0.25) is 24.6 Å². The lowest BCUT2D eigenvalue weighted by atomic mass is 10.00. The number of aromatic nitrogens is 2. The molecule has 2 amide bonds. The number of anilines is 1. The summed E-state index contributed by atoms with van der Waals surface area (Å²) >= 11 is 0. The standard InChI is InChI=1S/C31H35N5O5/c1-39-29-18-26(41-25-10-14-34(15-11-25)20-23-19-32-12-13-33-23)6-7-27(29)30(37)35-16-8-24(9-17-35)36-28-5-3-2-4-22(28)21-40-31(36)38/h2-7,12-13,18-19,24-25H,8-11,14-17,20-21H2,1H3. The summed E-state index contributed by atoms with van der Waals surface area (Å²) in [6.45, 7) is 4.02. The van der Waals surface area contributed by atoms with E-state index >= 15 is 0 Å². The molecule has 0 unspecified atom stereocenters. The van der Waals surface area contributed by atoms with Gasteiger partial charge in [0.1, 0.15) is 24.2 Å². The fourth-order valence-corrected chi connectivity index (χ4v) is 5.96. The van der Waals surface area contributed by atoms with E-state index in [4.69, 9.17) is 14.2 Å². The molecule has 3 aliphatic rings. The molecule has 0 atom stereocenters. The molecule has 10 heteroatoms.